The molecule has 2 amide bonds. The van der Waals surface area contributed by atoms with E-state index in [1.807, 2.05) is 42.5 Å². The van der Waals surface area contributed by atoms with Crippen LogP contribution in [0.1, 0.15) is 63.9 Å². The summed E-state index contributed by atoms with van der Waals surface area (Å²) in [5, 5.41) is 10.0. The molecule has 1 aromatic carbocycles. The van der Waals surface area contributed by atoms with Gasteiger partial charge in [0.25, 0.3) is 5.91 Å². The molecule has 6 nitrogen and oxygen atoms in total. The maximum atomic E-state index is 13.0. The lowest BCUT2D eigenvalue weighted by atomic mass is 10.0. The number of carbonyl (C=O) groups excluding carboxylic acids is 2. The van der Waals surface area contributed by atoms with Crippen LogP contribution in [-0.2, 0) is 20.7 Å². The molecule has 0 saturated carbocycles. The SMILES string of the molecule is CCCCCC[C@@H](O)C/C=C/CC[C@@H](OC)C(=O)N1C(=O)OCC1Cc1ccccc1. The lowest BCUT2D eigenvalue weighted by molar-refractivity contribution is -0.140. The van der Waals surface area contributed by atoms with Crippen LogP contribution >= 0.6 is 0 Å². The van der Waals surface area contributed by atoms with Crippen LogP contribution < -0.4 is 0 Å². The Kier molecular flexibility index (Phi) is 11.3. The first kappa shape index (κ1) is 25.1. The van der Waals surface area contributed by atoms with Gasteiger partial charge in [0, 0.05) is 7.11 Å². The zero-order chi connectivity index (χ0) is 22.5. The van der Waals surface area contributed by atoms with Gasteiger partial charge in [-0.05, 0) is 37.7 Å². The Morgan fingerprint density at radius 1 is 1.23 bits per heavy atom. The molecule has 0 aliphatic carbocycles. The lowest BCUT2D eigenvalue weighted by Crippen LogP contribution is -2.46. The van der Waals surface area contributed by atoms with Crippen LogP contribution in [-0.4, -0.2) is 54.0 Å². The first-order valence-corrected chi connectivity index (χ1v) is 11.5. The Morgan fingerprint density at radius 2 is 2.00 bits per heavy atom. The summed E-state index contributed by atoms with van der Waals surface area (Å²) in [7, 11) is 1.49. The predicted molar refractivity (Wildman–Crippen MR) is 121 cm³/mol. The summed E-state index contributed by atoms with van der Waals surface area (Å²) >= 11 is 0. The zero-order valence-corrected chi connectivity index (χ0v) is 18.9. The maximum absolute atomic E-state index is 13.0. The number of unbranched alkanes of at least 4 members (excludes halogenated alkanes) is 3. The molecule has 1 aliphatic rings. The minimum absolute atomic E-state index is 0.200. The summed E-state index contributed by atoms with van der Waals surface area (Å²) < 4.78 is 10.5. The molecule has 1 unspecified atom stereocenters. The molecular weight excluding hydrogens is 394 g/mol. The van der Waals surface area contributed by atoms with Crippen molar-refractivity contribution in [2.75, 3.05) is 13.7 Å². The van der Waals surface area contributed by atoms with Gasteiger partial charge in [0.2, 0.25) is 0 Å². The number of benzene rings is 1. The number of cyclic esters (lactones) is 1. The molecule has 1 N–H and O–H groups in total. The van der Waals surface area contributed by atoms with Gasteiger partial charge in [0.05, 0.1) is 12.1 Å². The molecule has 0 radical (unpaired) electrons. The Bertz CT molecular complexity index is 690. The van der Waals surface area contributed by atoms with E-state index in [9.17, 15) is 14.7 Å². The highest BCUT2D eigenvalue weighted by Crippen LogP contribution is 2.20. The first-order chi connectivity index (χ1) is 15.1. The molecular formula is C25H37NO5. The van der Waals surface area contributed by atoms with Gasteiger partial charge < -0.3 is 14.6 Å². The summed E-state index contributed by atoms with van der Waals surface area (Å²) in [6.45, 7) is 2.37. The fourth-order valence-electron chi connectivity index (χ4n) is 3.81. The molecule has 31 heavy (non-hydrogen) atoms. The summed E-state index contributed by atoms with van der Waals surface area (Å²) in [6.07, 6.45) is 10.1. The number of allylic oxidation sites excluding steroid dienone is 1. The number of amides is 2. The van der Waals surface area contributed by atoms with Gasteiger partial charge in [-0.3, -0.25) is 4.79 Å². The summed E-state index contributed by atoms with van der Waals surface area (Å²) in [5.74, 6) is -0.352. The topological polar surface area (TPSA) is 76.1 Å². The van der Waals surface area contributed by atoms with Gasteiger partial charge in [-0.25, -0.2) is 9.69 Å². The Balaban J connectivity index is 1.80. The standard InChI is InChI=1S/C25H37NO5/c1-3-4-5-10-15-22(27)16-11-7-12-17-23(30-2)24(28)26-21(19-31-25(26)29)18-20-13-8-6-9-14-20/h6-9,11,13-14,21-23,27H,3-5,10,12,15-19H2,1-2H3/b11-7+/t21?,22-,23-/m1/s1. The number of aliphatic hydroxyl groups is 1. The highest BCUT2D eigenvalue weighted by Gasteiger charge is 2.40. The van der Waals surface area contributed by atoms with Gasteiger partial charge in [0.1, 0.15) is 12.7 Å². The van der Waals surface area contributed by atoms with Gasteiger partial charge >= 0.3 is 6.09 Å². The number of hydrogen-bond donors (Lipinski definition) is 1. The lowest BCUT2D eigenvalue weighted by Gasteiger charge is -2.24. The van der Waals surface area contributed by atoms with Crippen molar-refractivity contribution in [2.24, 2.45) is 0 Å². The van der Waals surface area contributed by atoms with Crippen molar-refractivity contribution >= 4 is 12.0 Å². The van der Waals surface area contributed by atoms with Gasteiger partial charge in [0.15, 0.2) is 0 Å². The van der Waals surface area contributed by atoms with E-state index in [-0.39, 0.29) is 24.7 Å². The van der Waals surface area contributed by atoms with E-state index < -0.39 is 12.2 Å². The molecule has 3 atom stereocenters. The van der Waals surface area contributed by atoms with E-state index in [1.165, 1.54) is 31.3 Å². The number of imide groups is 1. The van der Waals surface area contributed by atoms with Crippen molar-refractivity contribution in [1.82, 2.24) is 4.90 Å². The second kappa shape index (κ2) is 14.0. The van der Waals surface area contributed by atoms with Crippen molar-refractivity contribution in [3.05, 3.63) is 48.0 Å². The van der Waals surface area contributed by atoms with E-state index in [4.69, 9.17) is 9.47 Å². The normalized spacial score (nSPS) is 18.4. The summed E-state index contributed by atoms with van der Waals surface area (Å²) in [4.78, 5) is 26.4. The molecule has 1 aliphatic heterocycles. The van der Waals surface area contributed by atoms with Gasteiger partial charge in [-0.2, -0.15) is 0 Å². The Morgan fingerprint density at radius 3 is 2.71 bits per heavy atom. The third kappa shape index (κ3) is 8.46. The number of ether oxygens (including phenoxy) is 2. The van der Waals surface area contributed by atoms with Crippen LogP contribution in [0.2, 0.25) is 0 Å². The largest absolute Gasteiger partial charge is 0.447 e. The first-order valence-electron chi connectivity index (χ1n) is 11.5. The van der Waals surface area contributed by atoms with Crippen LogP contribution in [0.4, 0.5) is 4.79 Å². The third-order valence-electron chi connectivity index (χ3n) is 5.63. The van der Waals surface area contributed by atoms with Crippen molar-refractivity contribution in [3.8, 4) is 0 Å². The van der Waals surface area contributed by atoms with E-state index in [1.54, 1.807) is 0 Å². The van der Waals surface area contributed by atoms with Crippen LogP contribution in [0, 0.1) is 0 Å². The molecule has 1 fully saturated rings. The second-order valence-electron chi connectivity index (χ2n) is 8.14. The molecule has 2 rings (SSSR count). The number of aliphatic hydroxyl groups excluding tert-OH is 1. The molecule has 1 saturated heterocycles. The maximum Gasteiger partial charge on any atom is 0.417 e. The number of rotatable bonds is 14. The molecule has 0 bridgehead atoms. The molecule has 0 aromatic heterocycles. The monoisotopic (exact) mass is 431 g/mol. The van der Waals surface area contributed by atoms with Crippen molar-refractivity contribution in [1.29, 1.82) is 0 Å². The number of methoxy groups -OCH3 is 1. The van der Waals surface area contributed by atoms with Gasteiger partial charge in [-0.15, -0.1) is 0 Å². The van der Waals surface area contributed by atoms with Crippen LogP contribution in [0.25, 0.3) is 0 Å². The minimum atomic E-state index is -0.701. The van der Waals surface area contributed by atoms with E-state index in [0.717, 1.165) is 18.4 Å². The van der Waals surface area contributed by atoms with Gasteiger partial charge in [-0.1, -0.05) is 75.1 Å². The summed E-state index contributed by atoms with van der Waals surface area (Å²) in [5.41, 5.74) is 1.05. The van der Waals surface area contributed by atoms with Crippen LogP contribution in [0.15, 0.2) is 42.5 Å². The van der Waals surface area contributed by atoms with Crippen molar-refractivity contribution in [2.45, 2.75) is 83.0 Å². The third-order valence-corrected chi connectivity index (χ3v) is 5.63. The van der Waals surface area contributed by atoms with Crippen LogP contribution in [0.5, 0.6) is 0 Å². The molecule has 1 aromatic rings. The number of hydrogen-bond acceptors (Lipinski definition) is 5. The fraction of sp³-hybridized carbons (Fsp3) is 0.600. The second-order valence-corrected chi connectivity index (χ2v) is 8.14. The highest BCUT2D eigenvalue weighted by atomic mass is 16.6. The fourth-order valence-corrected chi connectivity index (χ4v) is 3.81. The van der Waals surface area contributed by atoms with Crippen molar-refractivity contribution < 1.29 is 24.2 Å². The molecule has 1 heterocycles. The Labute approximate surface area is 186 Å². The summed E-state index contributed by atoms with van der Waals surface area (Å²) in [6, 6.07) is 9.43. The van der Waals surface area contributed by atoms with Crippen LogP contribution in [0.3, 0.4) is 0 Å². The predicted octanol–water partition coefficient (Wildman–Crippen LogP) is 4.65. The molecule has 6 heteroatoms. The Hall–Kier alpha value is -2.18. The number of nitrogens with zero attached hydrogens (tertiary/aromatic N) is 1. The van der Waals surface area contributed by atoms with E-state index in [2.05, 4.69) is 6.92 Å². The van der Waals surface area contributed by atoms with Crippen molar-refractivity contribution in [3.63, 3.8) is 0 Å². The average Bonchev–Trinajstić information content (AvgIpc) is 3.14. The molecule has 172 valence electrons. The van der Waals surface area contributed by atoms with E-state index >= 15 is 0 Å². The number of carbonyl (C=O) groups is 2. The molecule has 0 spiro atoms. The average molecular weight is 432 g/mol. The smallest absolute Gasteiger partial charge is 0.417 e. The highest BCUT2D eigenvalue weighted by molar-refractivity contribution is 5.96. The zero-order valence-electron chi connectivity index (χ0n) is 18.9. The quantitative estimate of drug-likeness (QED) is 0.343. The van der Waals surface area contributed by atoms with E-state index in [0.29, 0.717) is 25.7 Å². The minimum Gasteiger partial charge on any atom is -0.447 e.